The Bertz CT molecular complexity index is 379. The highest BCUT2D eigenvalue weighted by atomic mass is 16.5. The predicted molar refractivity (Wildman–Crippen MR) is 84.8 cm³/mol. The lowest BCUT2D eigenvalue weighted by atomic mass is 10.1. The van der Waals surface area contributed by atoms with Crippen molar-refractivity contribution in [2.24, 2.45) is 0 Å². The molecule has 0 spiro atoms. The number of benzene rings is 1. The molecule has 0 aliphatic carbocycles. The maximum absolute atomic E-state index is 5.80. The maximum atomic E-state index is 5.80. The van der Waals surface area contributed by atoms with E-state index in [9.17, 15) is 0 Å². The second-order valence-electron chi connectivity index (χ2n) is 5.35. The van der Waals surface area contributed by atoms with Crippen molar-refractivity contribution in [2.45, 2.75) is 52.5 Å². The molecule has 0 aliphatic heterocycles. The van der Waals surface area contributed by atoms with Crippen LogP contribution in [-0.4, -0.2) is 26.3 Å². The van der Waals surface area contributed by atoms with E-state index in [1.54, 1.807) is 7.11 Å². The zero-order valence-electron chi connectivity index (χ0n) is 13.4. The molecular weight excluding hydrogens is 250 g/mol. The molecule has 0 radical (unpaired) electrons. The smallest absolute Gasteiger partial charge is 0.161 e. The number of hydrogen-bond acceptors (Lipinski definition) is 3. The minimum Gasteiger partial charge on any atom is -0.493 e. The summed E-state index contributed by atoms with van der Waals surface area (Å²) in [5.41, 5.74) is 1.19. The van der Waals surface area contributed by atoms with Crippen LogP contribution in [0, 0.1) is 6.92 Å². The molecule has 1 rings (SSSR count). The summed E-state index contributed by atoms with van der Waals surface area (Å²) in [7, 11) is 1.68. The summed E-state index contributed by atoms with van der Waals surface area (Å²) in [5, 5.41) is 3.50. The Morgan fingerprint density at radius 2 is 2.00 bits per heavy atom. The Morgan fingerprint density at radius 1 is 1.20 bits per heavy atom. The molecule has 0 heterocycles. The van der Waals surface area contributed by atoms with Crippen LogP contribution in [0.15, 0.2) is 18.2 Å². The molecule has 1 atom stereocenters. The van der Waals surface area contributed by atoms with Gasteiger partial charge in [-0.3, -0.25) is 0 Å². The first-order chi connectivity index (χ1) is 9.67. The molecule has 3 heteroatoms. The van der Waals surface area contributed by atoms with E-state index in [0.29, 0.717) is 6.04 Å². The Kier molecular flexibility index (Phi) is 8.12. The first-order valence-electron chi connectivity index (χ1n) is 7.68. The summed E-state index contributed by atoms with van der Waals surface area (Å²) >= 11 is 0. The molecule has 114 valence electrons. The lowest BCUT2D eigenvalue weighted by Crippen LogP contribution is -2.26. The summed E-state index contributed by atoms with van der Waals surface area (Å²) in [6.45, 7) is 8.36. The van der Waals surface area contributed by atoms with Crippen molar-refractivity contribution in [3.8, 4) is 11.5 Å². The van der Waals surface area contributed by atoms with E-state index in [1.807, 2.05) is 12.1 Å². The Hall–Kier alpha value is -1.22. The van der Waals surface area contributed by atoms with Crippen LogP contribution >= 0.6 is 0 Å². The van der Waals surface area contributed by atoms with Crippen molar-refractivity contribution in [2.75, 3.05) is 20.3 Å². The molecule has 1 aromatic carbocycles. The standard InChI is InChI=1S/C17H29NO2/c1-5-11-18-15(3)8-6-7-12-20-16-10-9-14(2)13-17(16)19-4/h9-10,13,15,18H,5-8,11-12H2,1-4H3. The third-order valence-corrected chi connectivity index (χ3v) is 3.35. The lowest BCUT2D eigenvalue weighted by molar-refractivity contribution is 0.282. The van der Waals surface area contributed by atoms with Crippen molar-refractivity contribution in [1.29, 1.82) is 0 Å². The van der Waals surface area contributed by atoms with Crippen molar-refractivity contribution < 1.29 is 9.47 Å². The largest absolute Gasteiger partial charge is 0.493 e. The Labute approximate surface area is 123 Å². The second-order valence-corrected chi connectivity index (χ2v) is 5.35. The molecule has 0 saturated heterocycles. The normalized spacial score (nSPS) is 12.2. The molecule has 20 heavy (non-hydrogen) atoms. The number of ether oxygens (including phenoxy) is 2. The van der Waals surface area contributed by atoms with Crippen LogP contribution in [-0.2, 0) is 0 Å². The van der Waals surface area contributed by atoms with E-state index >= 15 is 0 Å². The van der Waals surface area contributed by atoms with Crippen LogP contribution < -0.4 is 14.8 Å². The molecule has 0 saturated carbocycles. The third-order valence-electron chi connectivity index (χ3n) is 3.35. The van der Waals surface area contributed by atoms with E-state index in [1.165, 1.54) is 24.8 Å². The van der Waals surface area contributed by atoms with Gasteiger partial charge in [-0.25, -0.2) is 0 Å². The van der Waals surface area contributed by atoms with E-state index < -0.39 is 0 Å². The van der Waals surface area contributed by atoms with Gasteiger partial charge in [-0.1, -0.05) is 13.0 Å². The van der Waals surface area contributed by atoms with Gasteiger partial charge in [0, 0.05) is 6.04 Å². The fraction of sp³-hybridized carbons (Fsp3) is 0.647. The summed E-state index contributed by atoms with van der Waals surface area (Å²) in [6.07, 6.45) is 4.66. The summed E-state index contributed by atoms with van der Waals surface area (Å²) in [5.74, 6) is 1.67. The Morgan fingerprint density at radius 3 is 2.70 bits per heavy atom. The number of unbranched alkanes of at least 4 members (excludes halogenated alkanes) is 1. The number of aryl methyl sites for hydroxylation is 1. The molecule has 0 amide bonds. The molecule has 0 bridgehead atoms. The maximum Gasteiger partial charge on any atom is 0.161 e. The van der Waals surface area contributed by atoms with E-state index in [2.05, 4.69) is 32.2 Å². The van der Waals surface area contributed by atoms with Crippen LogP contribution in [0.5, 0.6) is 11.5 Å². The lowest BCUT2D eigenvalue weighted by Gasteiger charge is -2.14. The molecule has 0 fully saturated rings. The average molecular weight is 279 g/mol. The van der Waals surface area contributed by atoms with Gasteiger partial charge in [-0.05, 0) is 63.8 Å². The molecule has 3 nitrogen and oxygen atoms in total. The van der Waals surface area contributed by atoms with E-state index in [0.717, 1.165) is 31.1 Å². The van der Waals surface area contributed by atoms with Crippen LogP contribution in [0.25, 0.3) is 0 Å². The van der Waals surface area contributed by atoms with Crippen molar-refractivity contribution >= 4 is 0 Å². The zero-order valence-corrected chi connectivity index (χ0v) is 13.4. The van der Waals surface area contributed by atoms with Gasteiger partial charge in [0.15, 0.2) is 11.5 Å². The van der Waals surface area contributed by atoms with Gasteiger partial charge < -0.3 is 14.8 Å². The summed E-state index contributed by atoms with van der Waals surface area (Å²) in [4.78, 5) is 0. The predicted octanol–water partition coefficient (Wildman–Crippen LogP) is 3.94. The molecule has 1 N–H and O–H groups in total. The molecule has 0 aliphatic rings. The minimum absolute atomic E-state index is 0.601. The topological polar surface area (TPSA) is 30.5 Å². The summed E-state index contributed by atoms with van der Waals surface area (Å²) < 4.78 is 11.1. The Balaban J connectivity index is 2.21. The highest BCUT2D eigenvalue weighted by Gasteiger charge is 2.04. The number of methoxy groups -OCH3 is 1. The van der Waals surface area contributed by atoms with Gasteiger partial charge in [0.1, 0.15) is 0 Å². The van der Waals surface area contributed by atoms with Gasteiger partial charge in [-0.2, -0.15) is 0 Å². The van der Waals surface area contributed by atoms with Crippen molar-refractivity contribution in [3.63, 3.8) is 0 Å². The molecule has 1 unspecified atom stereocenters. The zero-order chi connectivity index (χ0) is 14.8. The summed E-state index contributed by atoms with van der Waals surface area (Å²) in [6, 6.07) is 6.64. The molecule has 1 aromatic rings. The van der Waals surface area contributed by atoms with Crippen molar-refractivity contribution in [1.82, 2.24) is 5.32 Å². The van der Waals surface area contributed by atoms with Crippen LogP contribution in [0.1, 0.15) is 45.1 Å². The van der Waals surface area contributed by atoms with Crippen LogP contribution in [0.3, 0.4) is 0 Å². The monoisotopic (exact) mass is 279 g/mol. The fourth-order valence-electron chi connectivity index (χ4n) is 2.12. The molecular formula is C17H29NO2. The first-order valence-corrected chi connectivity index (χ1v) is 7.68. The van der Waals surface area contributed by atoms with Crippen LogP contribution in [0.4, 0.5) is 0 Å². The number of hydrogen-bond donors (Lipinski definition) is 1. The van der Waals surface area contributed by atoms with Gasteiger partial charge in [0.2, 0.25) is 0 Å². The number of nitrogens with one attached hydrogen (secondary N) is 1. The second kappa shape index (κ2) is 9.65. The van der Waals surface area contributed by atoms with Gasteiger partial charge >= 0.3 is 0 Å². The number of rotatable bonds is 10. The quantitative estimate of drug-likeness (QED) is 0.658. The van der Waals surface area contributed by atoms with Gasteiger partial charge in [-0.15, -0.1) is 0 Å². The van der Waals surface area contributed by atoms with Crippen molar-refractivity contribution in [3.05, 3.63) is 23.8 Å². The minimum atomic E-state index is 0.601. The van der Waals surface area contributed by atoms with Gasteiger partial charge in [0.05, 0.1) is 13.7 Å². The molecule has 0 aromatic heterocycles. The van der Waals surface area contributed by atoms with E-state index in [-0.39, 0.29) is 0 Å². The van der Waals surface area contributed by atoms with Gasteiger partial charge in [0.25, 0.3) is 0 Å². The highest BCUT2D eigenvalue weighted by Crippen LogP contribution is 2.27. The van der Waals surface area contributed by atoms with Crippen LogP contribution in [0.2, 0.25) is 0 Å². The SMILES string of the molecule is CCCNC(C)CCCCOc1ccc(C)cc1OC. The highest BCUT2D eigenvalue weighted by molar-refractivity contribution is 5.42. The third kappa shape index (κ3) is 6.29. The first kappa shape index (κ1) is 16.8. The average Bonchev–Trinajstić information content (AvgIpc) is 2.45. The fourth-order valence-corrected chi connectivity index (χ4v) is 2.12. The van der Waals surface area contributed by atoms with E-state index in [4.69, 9.17) is 9.47 Å².